The number of hydrogen-bond donors (Lipinski definition) is 3. The standard InChI is InChI=1S/C74H144O17P2/c1-8-10-11-12-13-14-15-16-17-18-19-20-21-22-27-35-43-50-57-73(78)90-69(61-84-71(76)55-48-41-34-26-24-23-25-33-40-47-54-67(7)9-2)63-88-92(80,81)86-59-68(75)60-87-93(82,83)89-64-70(62-85-72(77)56-49-42-37-30-32-39-46-53-66(5)6)91-74(79)58-51-44-36-29-28-31-38-45-52-65(3)4/h65-70,75H,8-64H2,1-7H3,(H,80,81)(H,82,83)/t67?,68-,69-,70-/m1/s1. The van der Waals surface area contributed by atoms with Gasteiger partial charge in [0.25, 0.3) is 0 Å². The number of ether oxygens (including phenoxy) is 4. The molecule has 0 amide bonds. The lowest BCUT2D eigenvalue weighted by Crippen LogP contribution is -2.30. The molecule has 0 aliphatic heterocycles. The molecule has 0 aliphatic rings. The summed E-state index contributed by atoms with van der Waals surface area (Å²) in [5.41, 5.74) is 0. The molecule has 0 saturated heterocycles. The van der Waals surface area contributed by atoms with Crippen LogP contribution in [-0.4, -0.2) is 96.7 Å². The van der Waals surface area contributed by atoms with E-state index in [1.807, 2.05) is 0 Å². The molecule has 0 spiro atoms. The molecule has 17 nitrogen and oxygen atoms in total. The molecule has 0 bridgehead atoms. The smallest absolute Gasteiger partial charge is 0.462 e. The minimum absolute atomic E-state index is 0.104. The number of esters is 4. The van der Waals surface area contributed by atoms with Crippen molar-refractivity contribution in [3.05, 3.63) is 0 Å². The molecule has 19 heteroatoms. The number of phosphoric ester groups is 2. The Hall–Kier alpha value is -1.94. The Bertz CT molecular complexity index is 1820. The molecule has 0 radical (unpaired) electrons. The lowest BCUT2D eigenvalue weighted by molar-refractivity contribution is -0.161. The maximum atomic E-state index is 13.1. The van der Waals surface area contributed by atoms with E-state index in [-0.39, 0.29) is 25.7 Å². The van der Waals surface area contributed by atoms with Crippen molar-refractivity contribution in [1.82, 2.24) is 0 Å². The zero-order chi connectivity index (χ0) is 68.7. The van der Waals surface area contributed by atoms with E-state index in [0.29, 0.717) is 31.6 Å². The molecule has 0 aromatic heterocycles. The second kappa shape index (κ2) is 64.7. The Kier molecular flexibility index (Phi) is 63.4. The fraction of sp³-hybridized carbons (Fsp3) is 0.946. The van der Waals surface area contributed by atoms with Gasteiger partial charge in [0.15, 0.2) is 12.2 Å². The first-order valence-electron chi connectivity index (χ1n) is 38.4. The van der Waals surface area contributed by atoms with E-state index in [4.69, 9.17) is 37.0 Å². The lowest BCUT2D eigenvalue weighted by Gasteiger charge is -2.21. The third-order valence-corrected chi connectivity index (χ3v) is 19.4. The van der Waals surface area contributed by atoms with Crippen molar-refractivity contribution in [2.24, 2.45) is 17.8 Å². The summed E-state index contributed by atoms with van der Waals surface area (Å²) in [5, 5.41) is 10.6. The highest BCUT2D eigenvalue weighted by Crippen LogP contribution is 2.45. The van der Waals surface area contributed by atoms with Gasteiger partial charge in [0.05, 0.1) is 26.4 Å². The maximum absolute atomic E-state index is 13.1. The van der Waals surface area contributed by atoms with Gasteiger partial charge in [-0.15, -0.1) is 0 Å². The average Bonchev–Trinajstić information content (AvgIpc) is 3.03. The Labute approximate surface area is 568 Å². The van der Waals surface area contributed by atoms with E-state index in [9.17, 15) is 43.2 Å². The molecule has 93 heavy (non-hydrogen) atoms. The minimum atomic E-state index is -4.96. The normalized spacial score (nSPS) is 14.4. The van der Waals surface area contributed by atoms with Gasteiger partial charge in [0.1, 0.15) is 19.3 Å². The fourth-order valence-corrected chi connectivity index (χ4v) is 12.8. The van der Waals surface area contributed by atoms with Crippen LogP contribution >= 0.6 is 15.6 Å². The van der Waals surface area contributed by atoms with Crippen molar-refractivity contribution in [2.45, 2.75) is 394 Å². The first-order valence-corrected chi connectivity index (χ1v) is 41.4. The third kappa shape index (κ3) is 67.0. The minimum Gasteiger partial charge on any atom is -0.462 e. The summed E-state index contributed by atoms with van der Waals surface area (Å²) in [5.74, 6) is 0.110. The monoisotopic (exact) mass is 1370 g/mol. The molecule has 0 aliphatic carbocycles. The average molecular weight is 1370 g/mol. The van der Waals surface area contributed by atoms with Gasteiger partial charge in [0.2, 0.25) is 0 Å². The zero-order valence-corrected chi connectivity index (χ0v) is 62.5. The fourth-order valence-electron chi connectivity index (χ4n) is 11.2. The number of phosphoric acid groups is 2. The van der Waals surface area contributed by atoms with Crippen LogP contribution in [0.15, 0.2) is 0 Å². The van der Waals surface area contributed by atoms with Crippen molar-refractivity contribution in [3.63, 3.8) is 0 Å². The van der Waals surface area contributed by atoms with Gasteiger partial charge in [-0.1, -0.05) is 325 Å². The summed E-state index contributed by atoms with van der Waals surface area (Å²) in [6.07, 6.45) is 50.0. The summed E-state index contributed by atoms with van der Waals surface area (Å²) < 4.78 is 68.4. The van der Waals surface area contributed by atoms with Gasteiger partial charge in [-0.05, 0) is 43.4 Å². The number of carbonyl (C=O) groups is 4. The van der Waals surface area contributed by atoms with Crippen molar-refractivity contribution < 1.29 is 80.2 Å². The highest BCUT2D eigenvalue weighted by atomic mass is 31.2. The summed E-state index contributed by atoms with van der Waals surface area (Å²) >= 11 is 0. The molecule has 0 aromatic rings. The molecule has 3 unspecified atom stereocenters. The first kappa shape index (κ1) is 91.1. The Morgan fingerprint density at radius 1 is 0.312 bits per heavy atom. The Morgan fingerprint density at radius 3 is 0.817 bits per heavy atom. The lowest BCUT2D eigenvalue weighted by atomic mass is 9.99. The molecular formula is C74H144O17P2. The van der Waals surface area contributed by atoms with Crippen LogP contribution in [0.1, 0.15) is 376 Å². The molecule has 0 rings (SSSR count). The molecule has 6 atom stereocenters. The highest BCUT2D eigenvalue weighted by Gasteiger charge is 2.30. The van der Waals surface area contributed by atoms with Gasteiger partial charge < -0.3 is 33.8 Å². The van der Waals surface area contributed by atoms with E-state index in [1.165, 1.54) is 180 Å². The molecule has 0 heterocycles. The van der Waals surface area contributed by atoms with Gasteiger partial charge in [-0.25, -0.2) is 9.13 Å². The molecule has 0 saturated carbocycles. The molecule has 0 aromatic carbocycles. The highest BCUT2D eigenvalue weighted by molar-refractivity contribution is 7.47. The van der Waals surface area contributed by atoms with E-state index >= 15 is 0 Å². The van der Waals surface area contributed by atoms with Crippen LogP contribution < -0.4 is 0 Å². The summed E-state index contributed by atoms with van der Waals surface area (Å²) in [7, 11) is -9.91. The van der Waals surface area contributed by atoms with Gasteiger partial charge in [-0.2, -0.15) is 0 Å². The number of unbranched alkanes of at least 4 members (excludes halogenated alkanes) is 39. The van der Waals surface area contributed by atoms with Gasteiger partial charge >= 0.3 is 39.5 Å². The van der Waals surface area contributed by atoms with E-state index in [0.717, 1.165) is 108 Å². The number of aliphatic hydroxyl groups is 1. The van der Waals surface area contributed by atoms with E-state index in [1.54, 1.807) is 0 Å². The number of hydrogen-bond acceptors (Lipinski definition) is 15. The van der Waals surface area contributed by atoms with Crippen LogP contribution in [0.3, 0.4) is 0 Å². The van der Waals surface area contributed by atoms with Crippen LogP contribution in [0.5, 0.6) is 0 Å². The zero-order valence-electron chi connectivity index (χ0n) is 60.7. The van der Waals surface area contributed by atoms with Gasteiger partial charge in [0, 0.05) is 25.7 Å². The molecule has 3 N–H and O–H groups in total. The molecular weight excluding hydrogens is 1220 g/mol. The van der Waals surface area contributed by atoms with Crippen molar-refractivity contribution >= 4 is 39.5 Å². The van der Waals surface area contributed by atoms with Crippen LogP contribution in [0.2, 0.25) is 0 Å². The summed E-state index contributed by atoms with van der Waals surface area (Å²) in [6.45, 7) is 11.8. The van der Waals surface area contributed by atoms with E-state index in [2.05, 4.69) is 48.5 Å². The van der Waals surface area contributed by atoms with Gasteiger partial charge in [-0.3, -0.25) is 37.3 Å². The quantitative estimate of drug-likeness (QED) is 0.0222. The SMILES string of the molecule is CCCCCCCCCCCCCCCCCCCCC(=O)O[C@H](COC(=O)CCCCCCCCCCCCC(C)CC)COP(=O)(O)OC[C@@H](O)COP(=O)(O)OC[C@@H](COC(=O)CCCCCCCCCC(C)C)OC(=O)CCCCCCCCCCC(C)C. The second-order valence-corrected chi connectivity index (χ2v) is 30.8. The predicted molar refractivity (Wildman–Crippen MR) is 377 cm³/mol. The summed E-state index contributed by atoms with van der Waals surface area (Å²) in [6, 6.07) is 0. The Morgan fingerprint density at radius 2 is 0.548 bits per heavy atom. The number of rotatable bonds is 72. The predicted octanol–water partition coefficient (Wildman–Crippen LogP) is 21.4. The first-order chi connectivity index (χ1) is 44.8. The van der Waals surface area contributed by atoms with Crippen LogP contribution in [0.25, 0.3) is 0 Å². The van der Waals surface area contributed by atoms with Crippen molar-refractivity contribution in [3.8, 4) is 0 Å². The molecule has 552 valence electrons. The largest absolute Gasteiger partial charge is 0.472 e. The second-order valence-electron chi connectivity index (χ2n) is 27.9. The van der Waals surface area contributed by atoms with Crippen molar-refractivity contribution in [2.75, 3.05) is 39.6 Å². The maximum Gasteiger partial charge on any atom is 0.472 e. The van der Waals surface area contributed by atoms with Crippen LogP contribution in [0.4, 0.5) is 0 Å². The topological polar surface area (TPSA) is 237 Å². The molecule has 0 fully saturated rings. The Balaban J connectivity index is 5.24. The van der Waals surface area contributed by atoms with E-state index < -0.39 is 97.5 Å². The van der Waals surface area contributed by atoms with Crippen molar-refractivity contribution in [1.29, 1.82) is 0 Å². The summed E-state index contributed by atoms with van der Waals surface area (Å²) in [4.78, 5) is 72.7. The number of aliphatic hydroxyl groups excluding tert-OH is 1. The number of carbonyl (C=O) groups excluding carboxylic acids is 4. The van der Waals surface area contributed by atoms with Crippen LogP contribution in [0, 0.1) is 17.8 Å². The van der Waals surface area contributed by atoms with Crippen LogP contribution in [-0.2, 0) is 65.4 Å². The third-order valence-electron chi connectivity index (χ3n) is 17.5.